The van der Waals surface area contributed by atoms with E-state index in [1.807, 2.05) is 49.4 Å². The average Bonchev–Trinajstić information content (AvgIpc) is 3.09. The van der Waals surface area contributed by atoms with Crippen LogP contribution < -0.4 is 10.1 Å². The molecule has 1 aromatic carbocycles. The number of nitrogens with one attached hydrogen (secondary N) is 1. The zero-order chi connectivity index (χ0) is 16.8. The zero-order valence-corrected chi connectivity index (χ0v) is 13.7. The number of anilines is 1. The Labute approximate surface area is 141 Å². The molecular formula is C19H21NO4. The Bertz CT molecular complexity index is 706. The van der Waals surface area contributed by atoms with E-state index < -0.39 is 0 Å². The van der Waals surface area contributed by atoms with Crippen molar-refractivity contribution in [3.05, 3.63) is 54.0 Å². The predicted molar refractivity (Wildman–Crippen MR) is 92.2 cm³/mol. The molecule has 1 N–H and O–H groups in total. The second-order valence-corrected chi connectivity index (χ2v) is 5.53. The van der Waals surface area contributed by atoms with Crippen molar-refractivity contribution < 1.29 is 18.7 Å². The molecule has 0 spiro atoms. The highest BCUT2D eigenvalue weighted by atomic mass is 16.5. The van der Waals surface area contributed by atoms with Gasteiger partial charge in [0.15, 0.2) is 0 Å². The number of benzene rings is 1. The largest absolute Gasteiger partial charge is 0.491 e. The highest BCUT2D eigenvalue weighted by Crippen LogP contribution is 2.36. The summed E-state index contributed by atoms with van der Waals surface area (Å²) in [4.78, 5) is 12.0. The Morgan fingerprint density at radius 1 is 1.33 bits per heavy atom. The lowest BCUT2D eigenvalue weighted by atomic mass is 9.90. The minimum Gasteiger partial charge on any atom is -0.491 e. The Kier molecular flexibility index (Phi) is 5.33. The number of ether oxygens (including phenoxy) is 2. The van der Waals surface area contributed by atoms with E-state index in [0.29, 0.717) is 26.2 Å². The Hall–Kier alpha value is -2.53. The molecule has 24 heavy (non-hydrogen) atoms. The number of hydrogen-bond donors (Lipinski definition) is 1. The molecule has 5 nitrogen and oxygen atoms in total. The molecule has 1 aromatic heterocycles. The number of amides is 1. The third-order valence-electron chi connectivity index (χ3n) is 3.84. The van der Waals surface area contributed by atoms with Gasteiger partial charge in [-0.2, -0.15) is 0 Å². The zero-order valence-electron chi connectivity index (χ0n) is 13.7. The van der Waals surface area contributed by atoms with Crippen LogP contribution in [0.3, 0.4) is 0 Å². The quantitative estimate of drug-likeness (QED) is 0.785. The van der Waals surface area contributed by atoms with Crippen LogP contribution in [0.2, 0.25) is 0 Å². The smallest absolute Gasteiger partial charge is 0.225 e. The van der Waals surface area contributed by atoms with Crippen molar-refractivity contribution in [3.63, 3.8) is 0 Å². The summed E-state index contributed by atoms with van der Waals surface area (Å²) in [7, 11) is 0. The maximum absolute atomic E-state index is 12.0. The van der Waals surface area contributed by atoms with Crippen molar-refractivity contribution in [2.75, 3.05) is 25.1 Å². The lowest BCUT2D eigenvalue weighted by Crippen LogP contribution is -2.22. The van der Waals surface area contributed by atoms with E-state index in [1.54, 1.807) is 6.26 Å². The number of furan rings is 1. The number of carbonyl (C=O) groups is 1. The monoisotopic (exact) mass is 327 g/mol. The van der Waals surface area contributed by atoms with Gasteiger partial charge >= 0.3 is 0 Å². The van der Waals surface area contributed by atoms with E-state index >= 15 is 0 Å². The Morgan fingerprint density at radius 3 is 3.04 bits per heavy atom. The molecule has 0 unspecified atom stereocenters. The third-order valence-corrected chi connectivity index (χ3v) is 3.84. The predicted octanol–water partition coefficient (Wildman–Crippen LogP) is 3.83. The van der Waals surface area contributed by atoms with Crippen molar-refractivity contribution in [1.29, 1.82) is 0 Å². The van der Waals surface area contributed by atoms with Crippen molar-refractivity contribution in [2.45, 2.75) is 19.3 Å². The van der Waals surface area contributed by atoms with E-state index in [1.165, 1.54) is 0 Å². The maximum Gasteiger partial charge on any atom is 0.225 e. The first kappa shape index (κ1) is 16.3. The van der Waals surface area contributed by atoms with Gasteiger partial charge in [0.05, 0.1) is 12.9 Å². The molecule has 1 atom stereocenters. The fourth-order valence-electron chi connectivity index (χ4n) is 2.70. The van der Waals surface area contributed by atoms with Crippen LogP contribution in [0, 0.1) is 0 Å². The van der Waals surface area contributed by atoms with Crippen molar-refractivity contribution >= 4 is 17.7 Å². The first-order chi connectivity index (χ1) is 11.8. The summed E-state index contributed by atoms with van der Waals surface area (Å²) < 4.78 is 16.2. The first-order valence-electron chi connectivity index (χ1n) is 8.12. The van der Waals surface area contributed by atoms with E-state index in [2.05, 4.69) is 5.32 Å². The number of carbonyl (C=O) groups excluding carboxylic acids is 1. The molecule has 2 aromatic rings. The standard InChI is InChI=1S/C19H21NO4/c1-2-22-10-11-24-16-7-8-17-14(5-6-15-4-3-9-23-15)12-19(21)20-18(17)13-16/h3-9,13-14H,2,10-12H2,1H3,(H,20,21)/b6-5+/t14-/m1/s1. The van der Waals surface area contributed by atoms with Crippen LogP contribution in [0.25, 0.3) is 6.08 Å². The van der Waals surface area contributed by atoms with Crippen molar-refractivity contribution in [2.24, 2.45) is 0 Å². The lowest BCUT2D eigenvalue weighted by molar-refractivity contribution is -0.116. The fraction of sp³-hybridized carbons (Fsp3) is 0.316. The normalized spacial score (nSPS) is 16.9. The van der Waals surface area contributed by atoms with Crippen LogP contribution in [-0.2, 0) is 9.53 Å². The Morgan fingerprint density at radius 2 is 2.25 bits per heavy atom. The summed E-state index contributed by atoms with van der Waals surface area (Å²) in [5.74, 6) is 1.53. The van der Waals surface area contributed by atoms with Crippen LogP contribution in [0.5, 0.6) is 5.75 Å². The molecule has 0 saturated heterocycles. The molecule has 1 aliphatic rings. The molecule has 2 heterocycles. The van der Waals surface area contributed by atoms with Crippen molar-refractivity contribution in [3.8, 4) is 5.75 Å². The molecule has 1 aliphatic heterocycles. The van der Waals surface area contributed by atoms with Crippen LogP contribution in [0.4, 0.5) is 5.69 Å². The minimum absolute atomic E-state index is 0.00283. The molecule has 126 valence electrons. The van der Waals surface area contributed by atoms with Crippen LogP contribution in [0.1, 0.15) is 30.6 Å². The summed E-state index contributed by atoms with van der Waals surface area (Å²) >= 11 is 0. The summed E-state index contributed by atoms with van der Waals surface area (Å²) in [5, 5.41) is 2.92. The number of fused-ring (bicyclic) bond motifs is 1. The van der Waals surface area contributed by atoms with E-state index in [0.717, 1.165) is 22.8 Å². The summed E-state index contributed by atoms with van der Waals surface area (Å²) in [6.07, 6.45) is 5.97. The molecule has 1 amide bonds. The first-order valence-corrected chi connectivity index (χ1v) is 8.12. The molecule has 5 heteroatoms. The number of allylic oxidation sites excluding steroid dienone is 1. The van der Waals surface area contributed by atoms with Crippen LogP contribution >= 0.6 is 0 Å². The van der Waals surface area contributed by atoms with Crippen LogP contribution in [0.15, 0.2) is 47.1 Å². The third kappa shape index (κ3) is 4.06. The summed E-state index contributed by atoms with van der Waals surface area (Å²) in [6.45, 7) is 3.66. The highest BCUT2D eigenvalue weighted by Gasteiger charge is 2.23. The van der Waals surface area contributed by atoms with Gasteiger partial charge in [-0.3, -0.25) is 4.79 Å². The topological polar surface area (TPSA) is 60.7 Å². The van der Waals surface area contributed by atoms with Gasteiger partial charge in [-0.05, 0) is 36.8 Å². The molecule has 0 fully saturated rings. The summed E-state index contributed by atoms with van der Waals surface area (Å²) in [5.41, 5.74) is 1.88. The fourth-order valence-corrected chi connectivity index (χ4v) is 2.70. The number of rotatable bonds is 7. The van der Waals surface area contributed by atoms with Gasteiger partial charge < -0.3 is 19.2 Å². The molecule has 0 aliphatic carbocycles. The molecular weight excluding hydrogens is 306 g/mol. The van der Waals surface area contributed by atoms with Gasteiger partial charge in [-0.15, -0.1) is 0 Å². The van der Waals surface area contributed by atoms with Crippen molar-refractivity contribution in [1.82, 2.24) is 0 Å². The molecule has 0 saturated carbocycles. The maximum atomic E-state index is 12.0. The second kappa shape index (κ2) is 7.84. The van der Waals surface area contributed by atoms with Crippen LogP contribution in [-0.4, -0.2) is 25.7 Å². The lowest BCUT2D eigenvalue weighted by Gasteiger charge is -2.24. The van der Waals surface area contributed by atoms with E-state index in [9.17, 15) is 4.79 Å². The average molecular weight is 327 g/mol. The van der Waals surface area contributed by atoms with E-state index in [-0.39, 0.29) is 11.8 Å². The molecule has 0 bridgehead atoms. The Balaban J connectivity index is 1.73. The molecule has 3 rings (SSSR count). The SMILES string of the molecule is CCOCCOc1ccc2c(c1)NC(=O)C[C@H]2/C=C/c1ccco1. The highest BCUT2D eigenvalue weighted by molar-refractivity contribution is 5.95. The van der Waals surface area contributed by atoms with Gasteiger partial charge in [0, 0.05) is 30.7 Å². The van der Waals surface area contributed by atoms with Gasteiger partial charge in [-0.1, -0.05) is 12.1 Å². The summed E-state index contributed by atoms with van der Waals surface area (Å²) in [6, 6.07) is 9.52. The van der Waals surface area contributed by atoms with Gasteiger partial charge in [0.1, 0.15) is 18.1 Å². The van der Waals surface area contributed by atoms with Gasteiger partial charge in [-0.25, -0.2) is 0 Å². The minimum atomic E-state index is 0.00283. The van der Waals surface area contributed by atoms with Gasteiger partial charge in [0.2, 0.25) is 5.91 Å². The van der Waals surface area contributed by atoms with Gasteiger partial charge in [0.25, 0.3) is 0 Å². The molecule has 0 radical (unpaired) electrons. The van der Waals surface area contributed by atoms with E-state index in [4.69, 9.17) is 13.9 Å². The second-order valence-electron chi connectivity index (χ2n) is 5.53. The number of hydrogen-bond acceptors (Lipinski definition) is 4.